The van der Waals surface area contributed by atoms with Crippen LogP contribution >= 0.6 is 0 Å². The Morgan fingerprint density at radius 3 is 2.59 bits per heavy atom. The molecule has 0 aliphatic carbocycles. The molecule has 1 aromatic carbocycles. The number of carbonyl (C=O) groups is 1. The third kappa shape index (κ3) is 5.18. The molecule has 9 heteroatoms. The first-order valence-corrected chi connectivity index (χ1v) is 11.2. The van der Waals surface area contributed by atoms with Gasteiger partial charge in [0.25, 0.3) is 5.91 Å². The number of aryl methyl sites for hydroxylation is 1. The lowest BCUT2D eigenvalue weighted by atomic mass is 9.89. The summed E-state index contributed by atoms with van der Waals surface area (Å²) in [6.07, 6.45) is 1.51. The minimum atomic E-state index is -4.43. The Labute approximate surface area is 196 Å². The predicted octanol–water partition coefficient (Wildman–Crippen LogP) is 5.22. The highest BCUT2D eigenvalue weighted by Gasteiger charge is 2.34. The number of aromatic nitrogens is 3. The quantitative estimate of drug-likeness (QED) is 0.555. The van der Waals surface area contributed by atoms with Crippen molar-refractivity contribution >= 4 is 11.7 Å². The number of piperidine rings is 1. The number of nitrogens with one attached hydrogen (secondary N) is 1. The predicted molar refractivity (Wildman–Crippen MR) is 123 cm³/mol. The fraction of sp³-hybridized carbons (Fsp3) is 0.360. The number of hydrogen-bond acceptors (Lipinski definition) is 5. The third-order valence-corrected chi connectivity index (χ3v) is 6.17. The van der Waals surface area contributed by atoms with Gasteiger partial charge in [-0.15, -0.1) is 0 Å². The SMILES string of the molecule is Cc1ccc(-c2ncccn2)c(C(=O)N2CCCC(C)C2CNc2ccc(C(F)(F)F)cn2)c1. The van der Waals surface area contributed by atoms with Crippen LogP contribution in [0.2, 0.25) is 0 Å². The molecule has 0 saturated carbocycles. The molecule has 4 rings (SSSR count). The number of likely N-dealkylation sites (tertiary alicyclic amines) is 1. The van der Waals surface area contributed by atoms with Crippen LogP contribution < -0.4 is 5.32 Å². The molecule has 1 amide bonds. The van der Waals surface area contributed by atoms with Gasteiger partial charge in [0, 0.05) is 37.2 Å². The summed E-state index contributed by atoms with van der Waals surface area (Å²) in [5, 5.41) is 3.12. The summed E-state index contributed by atoms with van der Waals surface area (Å²) in [5.74, 6) is 0.928. The van der Waals surface area contributed by atoms with Gasteiger partial charge in [-0.05, 0) is 49.9 Å². The minimum absolute atomic E-state index is 0.107. The van der Waals surface area contributed by atoms with E-state index in [-0.39, 0.29) is 17.9 Å². The zero-order chi connectivity index (χ0) is 24.3. The average Bonchev–Trinajstić information content (AvgIpc) is 2.83. The monoisotopic (exact) mass is 469 g/mol. The lowest BCUT2D eigenvalue weighted by Gasteiger charge is -2.40. The van der Waals surface area contributed by atoms with Crippen molar-refractivity contribution in [1.82, 2.24) is 19.9 Å². The van der Waals surface area contributed by atoms with Crippen LogP contribution in [0.5, 0.6) is 0 Å². The highest BCUT2D eigenvalue weighted by Crippen LogP contribution is 2.30. The van der Waals surface area contributed by atoms with Crippen LogP contribution in [0.3, 0.4) is 0 Å². The lowest BCUT2D eigenvalue weighted by molar-refractivity contribution is -0.137. The van der Waals surface area contributed by atoms with E-state index in [0.29, 0.717) is 35.9 Å². The van der Waals surface area contributed by atoms with Crippen molar-refractivity contribution in [2.75, 3.05) is 18.4 Å². The number of pyridine rings is 1. The van der Waals surface area contributed by atoms with Crippen LogP contribution in [0.4, 0.5) is 19.0 Å². The summed E-state index contributed by atoms with van der Waals surface area (Å²) >= 11 is 0. The molecule has 3 heterocycles. The van der Waals surface area contributed by atoms with Crippen molar-refractivity contribution in [3.8, 4) is 11.4 Å². The summed E-state index contributed by atoms with van der Waals surface area (Å²) in [5.41, 5.74) is 1.37. The van der Waals surface area contributed by atoms with E-state index in [1.807, 2.05) is 30.0 Å². The molecular formula is C25H26F3N5O. The molecule has 178 valence electrons. The first kappa shape index (κ1) is 23.7. The van der Waals surface area contributed by atoms with Crippen LogP contribution in [-0.4, -0.2) is 44.9 Å². The van der Waals surface area contributed by atoms with Crippen LogP contribution in [0.1, 0.15) is 41.3 Å². The second-order valence-electron chi connectivity index (χ2n) is 8.62. The smallest absolute Gasteiger partial charge is 0.368 e. The molecule has 1 fully saturated rings. The van der Waals surface area contributed by atoms with E-state index in [1.165, 1.54) is 6.07 Å². The summed E-state index contributed by atoms with van der Waals surface area (Å²) < 4.78 is 38.5. The first-order chi connectivity index (χ1) is 16.2. The largest absolute Gasteiger partial charge is 0.417 e. The Hall–Kier alpha value is -3.49. The topological polar surface area (TPSA) is 71.0 Å². The molecular weight excluding hydrogens is 443 g/mol. The summed E-state index contributed by atoms with van der Waals surface area (Å²) in [7, 11) is 0. The fourth-order valence-electron chi connectivity index (χ4n) is 4.31. The number of hydrogen-bond donors (Lipinski definition) is 1. The van der Waals surface area contributed by atoms with Gasteiger partial charge in [0.05, 0.1) is 17.2 Å². The molecule has 3 aromatic rings. The van der Waals surface area contributed by atoms with Crippen molar-refractivity contribution in [1.29, 1.82) is 0 Å². The Morgan fingerprint density at radius 2 is 1.91 bits per heavy atom. The van der Waals surface area contributed by atoms with Gasteiger partial charge in [0.2, 0.25) is 0 Å². The number of amides is 1. The van der Waals surface area contributed by atoms with Crippen molar-refractivity contribution < 1.29 is 18.0 Å². The van der Waals surface area contributed by atoms with Crippen molar-refractivity contribution in [2.24, 2.45) is 5.92 Å². The fourth-order valence-corrected chi connectivity index (χ4v) is 4.31. The van der Waals surface area contributed by atoms with Crippen molar-refractivity contribution in [3.63, 3.8) is 0 Å². The maximum absolute atomic E-state index is 13.8. The van der Waals surface area contributed by atoms with Crippen LogP contribution in [-0.2, 0) is 6.18 Å². The average molecular weight is 470 g/mol. The van der Waals surface area contributed by atoms with Crippen LogP contribution in [0.25, 0.3) is 11.4 Å². The van der Waals surface area contributed by atoms with Gasteiger partial charge < -0.3 is 10.2 Å². The number of nitrogens with zero attached hydrogens (tertiary/aromatic N) is 4. The molecule has 2 atom stereocenters. The molecule has 1 N–H and O–H groups in total. The van der Waals surface area contributed by atoms with E-state index in [9.17, 15) is 18.0 Å². The Bertz CT molecular complexity index is 1140. The molecule has 6 nitrogen and oxygen atoms in total. The highest BCUT2D eigenvalue weighted by molar-refractivity contribution is 6.00. The van der Waals surface area contributed by atoms with E-state index in [2.05, 4.69) is 27.2 Å². The summed E-state index contributed by atoms with van der Waals surface area (Å²) in [6, 6.07) is 9.55. The third-order valence-electron chi connectivity index (χ3n) is 6.17. The van der Waals surface area contributed by atoms with Crippen LogP contribution in [0, 0.1) is 12.8 Å². The molecule has 1 aliphatic heterocycles. The van der Waals surface area contributed by atoms with E-state index in [1.54, 1.807) is 18.5 Å². The standard InChI is InChI=1S/C25H26F3N5O/c1-16-6-8-19(23-29-10-4-11-30-23)20(13-16)24(34)33-12-3-5-17(2)21(33)15-32-22-9-7-18(14-31-22)25(26,27)28/h4,6-11,13-14,17,21H,3,5,12,15H2,1-2H3,(H,31,32). The summed E-state index contributed by atoms with van der Waals surface area (Å²) in [6.45, 7) is 5.00. The number of benzene rings is 1. The van der Waals surface area contributed by atoms with E-state index in [0.717, 1.165) is 30.7 Å². The van der Waals surface area contributed by atoms with Crippen molar-refractivity contribution in [3.05, 3.63) is 71.7 Å². The zero-order valence-corrected chi connectivity index (χ0v) is 19.0. The maximum atomic E-state index is 13.8. The van der Waals surface area contributed by atoms with E-state index >= 15 is 0 Å². The number of anilines is 1. The normalized spacial score (nSPS) is 18.6. The lowest BCUT2D eigenvalue weighted by Crippen LogP contribution is -2.51. The van der Waals surface area contributed by atoms with Gasteiger partial charge in [-0.3, -0.25) is 4.79 Å². The number of alkyl halides is 3. The summed E-state index contributed by atoms with van der Waals surface area (Å²) in [4.78, 5) is 28.2. The van der Waals surface area contributed by atoms with E-state index in [4.69, 9.17) is 0 Å². The van der Waals surface area contributed by atoms with Gasteiger partial charge in [-0.1, -0.05) is 24.6 Å². The Balaban J connectivity index is 1.57. The second-order valence-corrected chi connectivity index (χ2v) is 8.62. The number of rotatable bonds is 5. The van der Waals surface area contributed by atoms with Crippen molar-refractivity contribution in [2.45, 2.75) is 38.9 Å². The molecule has 0 bridgehead atoms. The highest BCUT2D eigenvalue weighted by atomic mass is 19.4. The number of carbonyl (C=O) groups excluding carboxylic acids is 1. The van der Waals surface area contributed by atoms with Crippen LogP contribution in [0.15, 0.2) is 55.0 Å². The van der Waals surface area contributed by atoms with E-state index < -0.39 is 11.7 Å². The van der Waals surface area contributed by atoms with Gasteiger partial charge in [-0.25, -0.2) is 15.0 Å². The second kappa shape index (κ2) is 9.79. The molecule has 2 aromatic heterocycles. The molecule has 0 spiro atoms. The molecule has 1 saturated heterocycles. The van der Waals surface area contributed by atoms with Gasteiger partial charge in [-0.2, -0.15) is 13.2 Å². The van der Waals surface area contributed by atoms with Gasteiger partial charge >= 0.3 is 6.18 Å². The van der Waals surface area contributed by atoms with Gasteiger partial charge in [0.1, 0.15) is 5.82 Å². The van der Waals surface area contributed by atoms with Gasteiger partial charge in [0.15, 0.2) is 5.82 Å². The Kier molecular flexibility index (Phi) is 6.81. The Morgan fingerprint density at radius 1 is 1.15 bits per heavy atom. The zero-order valence-electron chi connectivity index (χ0n) is 19.0. The molecule has 34 heavy (non-hydrogen) atoms. The molecule has 2 unspecified atom stereocenters. The minimum Gasteiger partial charge on any atom is -0.368 e. The maximum Gasteiger partial charge on any atom is 0.417 e. The number of halogens is 3. The molecule has 0 radical (unpaired) electrons. The molecule has 1 aliphatic rings. The first-order valence-electron chi connectivity index (χ1n) is 11.2.